The minimum Gasteiger partial charge on any atom is -0.0616 e. The van der Waals surface area contributed by atoms with Gasteiger partial charge in [0.1, 0.15) is 0 Å². The summed E-state index contributed by atoms with van der Waals surface area (Å²) in [5, 5.41) is 11.0. The van der Waals surface area contributed by atoms with E-state index in [1.165, 1.54) is 65.3 Å². The Balaban J connectivity index is 2.23. The molecule has 0 heteroatoms. The molecule has 26 heavy (non-hydrogen) atoms. The summed E-state index contributed by atoms with van der Waals surface area (Å²) < 4.78 is 0. The molecule has 0 unspecified atom stereocenters. The molecule has 0 fully saturated rings. The molecule has 0 bridgehead atoms. The first kappa shape index (κ1) is 15.4. The van der Waals surface area contributed by atoms with Crippen molar-refractivity contribution in [3.8, 4) is 0 Å². The van der Waals surface area contributed by atoms with Gasteiger partial charge in [0, 0.05) is 0 Å². The number of rotatable bonds is 0. The van der Waals surface area contributed by atoms with E-state index in [1.807, 2.05) is 0 Å². The SMILES string of the molecule is Cc1ccc2c(c1)c1cc(C)ccc1c1c(C)c3ccccc3c(C)c21. The summed E-state index contributed by atoms with van der Waals surface area (Å²) in [5.41, 5.74) is 5.40. The Morgan fingerprint density at radius 2 is 0.846 bits per heavy atom. The van der Waals surface area contributed by atoms with Crippen LogP contribution in [0.5, 0.6) is 0 Å². The van der Waals surface area contributed by atoms with Crippen molar-refractivity contribution < 1.29 is 0 Å². The lowest BCUT2D eigenvalue weighted by Crippen LogP contribution is -1.92. The van der Waals surface area contributed by atoms with Crippen LogP contribution in [0, 0.1) is 27.7 Å². The van der Waals surface area contributed by atoms with Gasteiger partial charge in [0.25, 0.3) is 0 Å². The topological polar surface area (TPSA) is 0 Å². The highest BCUT2D eigenvalue weighted by molar-refractivity contribution is 6.29. The summed E-state index contributed by atoms with van der Waals surface area (Å²) in [5.74, 6) is 0. The number of hydrogen-bond acceptors (Lipinski definition) is 0. The second-order valence-corrected chi connectivity index (χ2v) is 7.64. The molecule has 5 rings (SSSR count). The van der Waals surface area contributed by atoms with Crippen molar-refractivity contribution in [3.05, 3.63) is 82.9 Å². The van der Waals surface area contributed by atoms with Crippen LogP contribution >= 0.6 is 0 Å². The third-order valence-electron chi connectivity index (χ3n) is 5.91. The average molecular weight is 334 g/mol. The zero-order valence-corrected chi connectivity index (χ0v) is 15.8. The molecule has 0 saturated carbocycles. The number of fused-ring (bicyclic) bond motifs is 7. The van der Waals surface area contributed by atoms with Crippen molar-refractivity contribution in [3.63, 3.8) is 0 Å². The molecule has 0 aromatic heterocycles. The molecule has 5 aromatic rings. The van der Waals surface area contributed by atoms with Crippen molar-refractivity contribution in [2.75, 3.05) is 0 Å². The van der Waals surface area contributed by atoms with Gasteiger partial charge in [0.2, 0.25) is 0 Å². The predicted octanol–water partition coefficient (Wildman–Crippen LogP) is 7.53. The van der Waals surface area contributed by atoms with Gasteiger partial charge in [-0.1, -0.05) is 71.8 Å². The van der Waals surface area contributed by atoms with Crippen molar-refractivity contribution >= 4 is 43.1 Å². The first-order valence-corrected chi connectivity index (χ1v) is 9.30. The van der Waals surface area contributed by atoms with Crippen LogP contribution in [0.4, 0.5) is 0 Å². The van der Waals surface area contributed by atoms with Crippen LogP contribution in [0.15, 0.2) is 60.7 Å². The zero-order chi connectivity index (χ0) is 18.0. The van der Waals surface area contributed by atoms with Crippen LogP contribution < -0.4 is 0 Å². The fraction of sp³-hybridized carbons (Fsp3) is 0.154. The predicted molar refractivity (Wildman–Crippen MR) is 115 cm³/mol. The van der Waals surface area contributed by atoms with E-state index >= 15 is 0 Å². The Bertz CT molecular complexity index is 1250. The molecule has 0 spiro atoms. The summed E-state index contributed by atoms with van der Waals surface area (Å²) in [6.45, 7) is 8.93. The van der Waals surface area contributed by atoms with E-state index in [2.05, 4.69) is 88.4 Å². The minimum absolute atomic E-state index is 1.31. The van der Waals surface area contributed by atoms with E-state index in [4.69, 9.17) is 0 Å². The van der Waals surface area contributed by atoms with E-state index in [0.29, 0.717) is 0 Å². The molecule has 0 N–H and O–H groups in total. The fourth-order valence-electron chi connectivity index (χ4n) is 4.65. The molecule has 0 aliphatic heterocycles. The number of hydrogen-bond donors (Lipinski definition) is 0. The largest absolute Gasteiger partial charge is 0.0616 e. The minimum atomic E-state index is 1.31. The molecule has 0 amide bonds. The highest BCUT2D eigenvalue weighted by Crippen LogP contribution is 2.42. The lowest BCUT2D eigenvalue weighted by Gasteiger charge is -2.18. The molecule has 126 valence electrons. The standard InChI is InChI=1S/C26H22/c1-15-9-11-21-23(13-15)24-14-16(2)10-12-22(24)26-18(4)20-8-6-5-7-19(20)17(3)25(21)26/h5-14H,1-4H3. The van der Waals surface area contributed by atoms with Crippen molar-refractivity contribution in [2.45, 2.75) is 27.7 Å². The van der Waals surface area contributed by atoms with Gasteiger partial charge in [-0.2, -0.15) is 0 Å². The third-order valence-corrected chi connectivity index (χ3v) is 5.91. The summed E-state index contributed by atoms with van der Waals surface area (Å²) in [6.07, 6.45) is 0. The molecular weight excluding hydrogens is 312 g/mol. The molecule has 5 aromatic carbocycles. The quantitative estimate of drug-likeness (QED) is 0.203. The second kappa shape index (κ2) is 5.32. The summed E-state index contributed by atoms with van der Waals surface area (Å²) >= 11 is 0. The average Bonchev–Trinajstić information content (AvgIpc) is 2.65. The Kier molecular flexibility index (Phi) is 3.15. The third kappa shape index (κ3) is 1.96. The van der Waals surface area contributed by atoms with Crippen molar-refractivity contribution in [2.24, 2.45) is 0 Å². The Morgan fingerprint density at radius 3 is 1.27 bits per heavy atom. The molecule has 0 nitrogen and oxygen atoms in total. The monoisotopic (exact) mass is 334 g/mol. The maximum atomic E-state index is 2.35. The normalized spacial score (nSPS) is 11.8. The van der Waals surface area contributed by atoms with Crippen LogP contribution in [0.2, 0.25) is 0 Å². The highest BCUT2D eigenvalue weighted by Gasteiger charge is 2.15. The lowest BCUT2D eigenvalue weighted by molar-refractivity contribution is 1.49. The number of aryl methyl sites for hydroxylation is 4. The number of benzene rings is 5. The highest BCUT2D eigenvalue weighted by atomic mass is 14.2. The maximum absolute atomic E-state index is 2.35. The fourth-order valence-corrected chi connectivity index (χ4v) is 4.65. The van der Waals surface area contributed by atoms with E-state index < -0.39 is 0 Å². The van der Waals surface area contributed by atoms with Crippen LogP contribution in [-0.2, 0) is 0 Å². The van der Waals surface area contributed by atoms with Gasteiger partial charge in [-0.15, -0.1) is 0 Å². The smallest absolute Gasteiger partial charge is 0.00606 e. The lowest BCUT2D eigenvalue weighted by atomic mass is 9.85. The van der Waals surface area contributed by atoms with Gasteiger partial charge in [0.05, 0.1) is 0 Å². The molecule has 0 aliphatic rings. The Morgan fingerprint density at radius 1 is 0.423 bits per heavy atom. The van der Waals surface area contributed by atoms with Crippen LogP contribution in [0.1, 0.15) is 22.3 Å². The van der Waals surface area contributed by atoms with Crippen molar-refractivity contribution in [1.82, 2.24) is 0 Å². The Labute approximate surface area is 154 Å². The second-order valence-electron chi connectivity index (χ2n) is 7.64. The first-order chi connectivity index (χ1) is 12.6. The van der Waals surface area contributed by atoms with Gasteiger partial charge in [-0.3, -0.25) is 0 Å². The van der Waals surface area contributed by atoms with E-state index in [9.17, 15) is 0 Å². The molecular formula is C26H22. The molecule has 0 saturated heterocycles. The van der Waals surface area contributed by atoms with Crippen molar-refractivity contribution in [1.29, 1.82) is 0 Å². The van der Waals surface area contributed by atoms with E-state index in [-0.39, 0.29) is 0 Å². The molecule has 0 aliphatic carbocycles. The molecule has 0 atom stereocenters. The summed E-state index contributed by atoms with van der Waals surface area (Å²) in [6, 6.07) is 22.6. The van der Waals surface area contributed by atoms with Gasteiger partial charge in [0.15, 0.2) is 0 Å². The van der Waals surface area contributed by atoms with Gasteiger partial charge >= 0.3 is 0 Å². The van der Waals surface area contributed by atoms with Gasteiger partial charge in [-0.25, -0.2) is 0 Å². The zero-order valence-electron chi connectivity index (χ0n) is 15.8. The van der Waals surface area contributed by atoms with Crippen LogP contribution in [0.25, 0.3) is 43.1 Å². The van der Waals surface area contributed by atoms with E-state index in [0.717, 1.165) is 0 Å². The van der Waals surface area contributed by atoms with Crippen LogP contribution in [0.3, 0.4) is 0 Å². The molecule has 0 radical (unpaired) electrons. The Hall–Kier alpha value is -2.86. The van der Waals surface area contributed by atoms with E-state index in [1.54, 1.807) is 0 Å². The van der Waals surface area contributed by atoms with Gasteiger partial charge in [-0.05, 0) is 81.9 Å². The first-order valence-electron chi connectivity index (χ1n) is 9.30. The maximum Gasteiger partial charge on any atom is -0.00606 e. The van der Waals surface area contributed by atoms with Gasteiger partial charge < -0.3 is 0 Å². The summed E-state index contributed by atoms with van der Waals surface area (Å²) in [4.78, 5) is 0. The summed E-state index contributed by atoms with van der Waals surface area (Å²) in [7, 11) is 0. The molecule has 0 heterocycles. The van der Waals surface area contributed by atoms with Crippen LogP contribution in [-0.4, -0.2) is 0 Å².